The SMILES string of the molecule is CC1(/C(N)=N/O)CCN(S(=O)(=O)c2ccccc2F)CC1. The molecule has 1 aliphatic heterocycles. The van der Waals surface area contributed by atoms with Crippen LogP contribution in [0.1, 0.15) is 19.8 Å². The van der Waals surface area contributed by atoms with Crippen molar-refractivity contribution in [1.82, 2.24) is 4.31 Å². The summed E-state index contributed by atoms with van der Waals surface area (Å²) in [6.07, 6.45) is 0.827. The molecule has 8 heteroatoms. The summed E-state index contributed by atoms with van der Waals surface area (Å²) in [6.45, 7) is 2.21. The molecule has 6 nitrogen and oxygen atoms in total. The summed E-state index contributed by atoms with van der Waals surface area (Å²) >= 11 is 0. The van der Waals surface area contributed by atoms with Gasteiger partial charge in [-0.15, -0.1) is 0 Å². The molecule has 0 radical (unpaired) electrons. The molecule has 0 saturated carbocycles. The molecule has 0 unspecified atom stereocenters. The Morgan fingerprint density at radius 2 is 1.95 bits per heavy atom. The van der Waals surface area contributed by atoms with E-state index < -0.39 is 21.3 Å². The molecule has 1 aromatic rings. The number of nitrogens with two attached hydrogens (primary N) is 1. The zero-order valence-electron chi connectivity index (χ0n) is 11.7. The van der Waals surface area contributed by atoms with Crippen molar-refractivity contribution in [2.75, 3.05) is 13.1 Å². The van der Waals surface area contributed by atoms with E-state index in [9.17, 15) is 12.8 Å². The minimum absolute atomic E-state index is 0.0884. The van der Waals surface area contributed by atoms with E-state index in [1.165, 1.54) is 22.5 Å². The van der Waals surface area contributed by atoms with Crippen LogP contribution in [0.5, 0.6) is 0 Å². The fourth-order valence-electron chi connectivity index (χ4n) is 2.39. The number of hydrogen-bond acceptors (Lipinski definition) is 4. The molecular formula is C13H18FN3O3S. The van der Waals surface area contributed by atoms with Gasteiger partial charge < -0.3 is 10.9 Å². The number of amidine groups is 1. The van der Waals surface area contributed by atoms with Gasteiger partial charge in [-0.1, -0.05) is 24.2 Å². The summed E-state index contributed by atoms with van der Waals surface area (Å²) in [5, 5.41) is 11.8. The number of benzene rings is 1. The van der Waals surface area contributed by atoms with Crippen LogP contribution in [0.2, 0.25) is 0 Å². The van der Waals surface area contributed by atoms with Crippen molar-refractivity contribution in [3.8, 4) is 0 Å². The molecule has 1 aromatic carbocycles. The van der Waals surface area contributed by atoms with Gasteiger partial charge in [0.2, 0.25) is 10.0 Å². The van der Waals surface area contributed by atoms with Gasteiger partial charge in [0.05, 0.1) is 0 Å². The van der Waals surface area contributed by atoms with E-state index in [4.69, 9.17) is 10.9 Å². The second kappa shape index (κ2) is 5.61. The molecule has 1 fully saturated rings. The first kappa shape index (κ1) is 15.7. The maximum atomic E-state index is 13.7. The van der Waals surface area contributed by atoms with Crippen molar-refractivity contribution in [2.24, 2.45) is 16.3 Å². The van der Waals surface area contributed by atoms with E-state index in [0.717, 1.165) is 6.07 Å². The predicted octanol–water partition coefficient (Wildman–Crippen LogP) is 1.36. The topological polar surface area (TPSA) is 96.0 Å². The standard InChI is InChI=1S/C13H18FN3O3S/c1-13(12(15)16-18)6-8-17(9-7-13)21(19,20)11-5-3-2-4-10(11)14/h2-5,18H,6-9H2,1H3,(H2,15,16). The number of rotatable bonds is 3. The van der Waals surface area contributed by atoms with Crippen molar-refractivity contribution in [1.29, 1.82) is 0 Å². The Hall–Kier alpha value is -1.67. The van der Waals surface area contributed by atoms with Gasteiger partial charge >= 0.3 is 0 Å². The van der Waals surface area contributed by atoms with Crippen molar-refractivity contribution in [2.45, 2.75) is 24.7 Å². The van der Waals surface area contributed by atoms with E-state index in [-0.39, 0.29) is 23.8 Å². The number of oxime groups is 1. The van der Waals surface area contributed by atoms with Gasteiger partial charge in [0, 0.05) is 18.5 Å². The third-order valence-electron chi connectivity index (χ3n) is 4.01. The highest BCUT2D eigenvalue weighted by atomic mass is 32.2. The minimum Gasteiger partial charge on any atom is -0.409 e. The lowest BCUT2D eigenvalue weighted by Gasteiger charge is -2.37. The van der Waals surface area contributed by atoms with Gasteiger partial charge in [-0.05, 0) is 25.0 Å². The molecule has 1 heterocycles. The molecule has 0 spiro atoms. The highest BCUT2D eigenvalue weighted by molar-refractivity contribution is 7.89. The van der Waals surface area contributed by atoms with Gasteiger partial charge in [0.25, 0.3) is 0 Å². The van der Waals surface area contributed by atoms with Gasteiger partial charge in [0.1, 0.15) is 16.5 Å². The molecule has 0 aromatic heterocycles. The van der Waals surface area contributed by atoms with Crippen LogP contribution >= 0.6 is 0 Å². The van der Waals surface area contributed by atoms with Gasteiger partial charge in [-0.25, -0.2) is 12.8 Å². The Labute approximate surface area is 123 Å². The highest BCUT2D eigenvalue weighted by Crippen LogP contribution is 2.33. The van der Waals surface area contributed by atoms with E-state index in [0.29, 0.717) is 12.8 Å². The monoisotopic (exact) mass is 315 g/mol. The molecular weight excluding hydrogens is 297 g/mol. The fourth-order valence-corrected chi connectivity index (χ4v) is 3.90. The first-order valence-electron chi connectivity index (χ1n) is 6.54. The third kappa shape index (κ3) is 2.86. The Morgan fingerprint density at radius 1 is 1.38 bits per heavy atom. The molecule has 3 N–H and O–H groups in total. The summed E-state index contributed by atoms with van der Waals surface area (Å²) in [4.78, 5) is -0.322. The molecule has 0 bridgehead atoms. The molecule has 116 valence electrons. The first-order valence-corrected chi connectivity index (χ1v) is 7.98. The van der Waals surface area contributed by atoms with Crippen LogP contribution in [0.3, 0.4) is 0 Å². The van der Waals surface area contributed by atoms with Crippen molar-refractivity contribution in [3.05, 3.63) is 30.1 Å². The van der Waals surface area contributed by atoms with Crippen LogP contribution in [-0.2, 0) is 10.0 Å². The van der Waals surface area contributed by atoms with Crippen LogP contribution in [0, 0.1) is 11.2 Å². The Balaban J connectivity index is 2.21. The summed E-state index contributed by atoms with van der Waals surface area (Å²) in [5.74, 6) is -0.673. The van der Waals surface area contributed by atoms with Crippen LogP contribution < -0.4 is 5.73 Å². The molecule has 1 saturated heterocycles. The minimum atomic E-state index is -3.86. The van der Waals surface area contributed by atoms with Crippen molar-refractivity contribution in [3.63, 3.8) is 0 Å². The molecule has 21 heavy (non-hydrogen) atoms. The van der Waals surface area contributed by atoms with E-state index >= 15 is 0 Å². The van der Waals surface area contributed by atoms with E-state index in [1.807, 2.05) is 6.92 Å². The van der Waals surface area contributed by atoms with E-state index in [1.54, 1.807) is 0 Å². The summed E-state index contributed by atoms with van der Waals surface area (Å²) < 4.78 is 39.8. The maximum absolute atomic E-state index is 13.7. The molecule has 0 amide bonds. The predicted molar refractivity (Wildman–Crippen MR) is 75.9 cm³/mol. The van der Waals surface area contributed by atoms with Gasteiger partial charge in [0.15, 0.2) is 0 Å². The average molecular weight is 315 g/mol. The zero-order valence-corrected chi connectivity index (χ0v) is 12.5. The Bertz CT molecular complexity index is 652. The van der Waals surface area contributed by atoms with Crippen molar-refractivity contribution >= 4 is 15.9 Å². The first-order chi connectivity index (χ1) is 9.81. The van der Waals surface area contributed by atoms with Gasteiger partial charge in [-0.2, -0.15) is 4.31 Å². The Kier molecular flexibility index (Phi) is 4.20. The summed E-state index contributed by atoms with van der Waals surface area (Å²) in [5.41, 5.74) is 5.10. The van der Waals surface area contributed by atoms with Crippen LogP contribution in [-0.4, -0.2) is 36.9 Å². The highest BCUT2D eigenvalue weighted by Gasteiger charge is 2.38. The lowest BCUT2D eigenvalue weighted by Crippen LogP contribution is -2.47. The largest absolute Gasteiger partial charge is 0.409 e. The second-order valence-electron chi connectivity index (χ2n) is 5.38. The average Bonchev–Trinajstić information content (AvgIpc) is 2.47. The van der Waals surface area contributed by atoms with Crippen LogP contribution in [0.25, 0.3) is 0 Å². The second-order valence-corrected chi connectivity index (χ2v) is 7.29. The third-order valence-corrected chi connectivity index (χ3v) is 5.94. The van der Waals surface area contributed by atoms with Crippen molar-refractivity contribution < 1.29 is 18.0 Å². The molecule has 2 rings (SSSR count). The number of hydrogen-bond donors (Lipinski definition) is 2. The van der Waals surface area contributed by atoms with E-state index in [2.05, 4.69) is 5.16 Å². The fraction of sp³-hybridized carbons (Fsp3) is 0.462. The number of nitrogens with zero attached hydrogens (tertiary/aromatic N) is 2. The zero-order chi connectivity index (χ0) is 15.7. The van der Waals surface area contributed by atoms with Gasteiger partial charge in [-0.3, -0.25) is 0 Å². The molecule has 0 aliphatic carbocycles. The number of halogens is 1. The normalized spacial score (nSPS) is 20.4. The molecule has 1 aliphatic rings. The number of piperidine rings is 1. The van der Waals surface area contributed by atoms with Crippen LogP contribution in [0.4, 0.5) is 4.39 Å². The summed E-state index contributed by atoms with van der Waals surface area (Å²) in [7, 11) is -3.86. The quantitative estimate of drug-likeness (QED) is 0.381. The number of sulfonamides is 1. The maximum Gasteiger partial charge on any atom is 0.245 e. The van der Waals surface area contributed by atoms with Crippen LogP contribution in [0.15, 0.2) is 34.3 Å². The lowest BCUT2D eigenvalue weighted by atomic mass is 9.80. The molecule has 0 atom stereocenters. The summed E-state index contributed by atoms with van der Waals surface area (Å²) in [6, 6.07) is 5.31. The lowest BCUT2D eigenvalue weighted by molar-refractivity contribution is 0.229. The Morgan fingerprint density at radius 3 is 2.48 bits per heavy atom. The smallest absolute Gasteiger partial charge is 0.245 e.